The van der Waals surface area contributed by atoms with Gasteiger partial charge in [0.2, 0.25) is 0 Å². The number of ether oxygens (including phenoxy) is 2. The number of hydrogen-bond acceptors (Lipinski definition) is 6. The monoisotopic (exact) mass is 692 g/mol. The van der Waals surface area contributed by atoms with Gasteiger partial charge in [-0.3, -0.25) is 4.57 Å². The van der Waals surface area contributed by atoms with Gasteiger partial charge in [0.15, 0.2) is 0 Å². The Morgan fingerprint density at radius 3 is 1.92 bits per heavy atom. The third-order valence-corrected chi connectivity index (χ3v) is 10.4. The molecule has 13 heteroatoms. The second-order valence-electron chi connectivity index (χ2n) is 11.2. The number of nitrogens with zero attached hydrogens (tertiary/aromatic N) is 6. The molecule has 0 aliphatic carbocycles. The summed E-state index contributed by atoms with van der Waals surface area (Å²) in [6.45, 7) is 16.7. The second kappa shape index (κ2) is 13.3. The van der Waals surface area contributed by atoms with Crippen LogP contribution in [0.25, 0.3) is 22.1 Å². The molecule has 0 spiro atoms. The number of hydrogen-bond donors (Lipinski definition) is 0. The molecular weight excluding hydrogens is 658 g/mol. The molecule has 0 aliphatic heterocycles. The van der Waals surface area contributed by atoms with Crippen LogP contribution >= 0.6 is 45.8 Å². The van der Waals surface area contributed by atoms with Gasteiger partial charge < -0.3 is 14.0 Å². The lowest BCUT2D eigenvalue weighted by Gasteiger charge is -2.16. The molecule has 0 aliphatic rings. The van der Waals surface area contributed by atoms with Crippen LogP contribution in [0.4, 0.5) is 0 Å². The summed E-state index contributed by atoms with van der Waals surface area (Å²) in [5, 5.41) is 2.72. The predicted octanol–water partition coefficient (Wildman–Crippen LogP) is 7.40. The van der Waals surface area contributed by atoms with Crippen molar-refractivity contribution in [2.75, 3.05) is 13.2 Å². The maximum absolute atomic E-state index is 6.06. The van der Waals surface area contributed by atoms with E-state index in [2.05, 4.69) is 81.8 Å². The summed E-state index contributed by atoms with van der Waals surface area (Å²) >= 11 is 14.3. The van der Waals surface area contributed by atoms with Crippen LogP contribution in [0.1, 0.15) is 0 Å². The van der Waals surface area contributed by atoms with E-state index in [1.54, 1.807) is 0 Å². The zero-order valence-corrected chi connectivity index (χ0v) is 27.9. The molecule has 0 unspecified atom stereocenters. The standard InChI is InChI=1S/C12H17ClIN3OSi.C12H18ClN3OSi/c1-19(2,3)5-4-18-8-17-10(14)6-9-11(13)15-7-16-12(9)17;1-18(2,3)7-6-17-9-16-5-4-10-11(13)14-8-15-12(10)16/h6-7H,4-5,8H2,1-3H3;4-5,8H,6-7,9H2,1-3H3. The van der Waals surface area contributed by atoms with E-state index in [1.165, 1.54) is 24.7 Å². The predicted molar refractivity (Wildman–Crippen MR) is 166 cm³/mol. The molecule has 0 bridgehead atoms. The molecule has 4 aromatic heterocycles. The molecule has 4 rings (SSSR count). The summed E-state index contributed by atoms with van der Waals surface area (Å²) in [6, 6.07) is 6.24. The summed E-state index contributed by atoms with van der Waals surface area (Å²) in [4.78, 5) is 16.5. The highest BCUT2D eigenvalue weighted by atomic mass is 127. The SMILES string of the molecule is C[Si](C)(C)CCOCn1c(I)cc2c(Cl)ncnc21.C[Si](C)(C)CCOCn1ccc2c(Cl)ncnc21. The van der Waals surface area contributed by atoms with Gasteiger partial charge in [-0.2, -0.15) is 0 Å². The average molecular weight is 694 g/mol. The van der Waals surface area contributed by atoms with Gasteiger partial charge in [-0.05, 0) is 46.8 Å². The third-order valence-electron chi connectivity index (χ3n) is 5.54. The van der Waals surface area contributed by atoms with Crippen molar-refractivity contribution in [3.8, 4) is 0 Å². The van der Waals surface area contributed by atoms with E-state index in [-0.39, 0.29) is 0 Å². The second-order valence-corrected chi connectivity index (χ2v) is 24.2. The van der Waals surface area contributed by atoms with E-state index in [9.17, 15) is 0 Å². The lowest BCUT2D eigenvalue weighted by molar-refractivity contribution is 0.0883. The van der Waals surface area contributed by atoms with Gasteiger partial charge in [0.05, 0.1) is 14.5 Å². The summed E-state index contributed by atoms with van der Waals surface area (Å²) in [5.41, 5.74) is 1.65. The molecule has 0 saturated carbocycles. The van der Waals surface area contributed by atoms with Crippen molar-refractivity contribution < 1.29 is 9.47 Å². The van der Waals surface area contributed by atoms with Crippen molar-refractivity contribution in [2.45, 2.75) is 64.8 Å². The average Bonchev–Trinajstić information content (AvgIpc) is 3.36. The zero-order valence-electron chi connectivity index (χ0n) is 22.3. The topological polar surface area (TPSA) is 79.9 Å². The van der Waals surface area contributed by atoms with Crippen molar-refractivity contribution in [2.24, 2.45) is 0 Å². The fourth-order valence-corrected chi connectivity index (χ4v) is 5.84. The highest BCUT2D eigenvalue weighted by Gasteiger charge is 2.15. The van der Waals surface area contributed by atoms with Crippen LogP contribution in [-0.4, -0.2) is 58.4 Å². The number of halogens is 3. The molecule has 0 N–H and O–H groups in total. The first kappa shape index (κ1) is 30.4. The Kier molecular flexibility index (Phi) is 11.0. The summed E-state index contributed by atoms with van der Waals surface area (Å²) in [5.74, 6) is 0. The Morgan fingerprint density at radius 1 is 0.784 bits per heavy atom. The van der Waals surface area contributed by atoms with Gasteiger partial charge in [-0.25, -0.2) is 19.9 Å². The van der Waals surface area contributed by atoms with Crippen LogP contribution in [0.2, 0.25) is 61.7 Å². The maximum atomic E-state index is 6.06. The van der Waals surface area contributed by atoms with Crippen molar-refractivity contribution in [3.63, 3.8) is 0 Å². The molecule has 0 atom stereocenters. The van der Waals surface area contributed by atoms with E-state index in [4.69, 9.17) is 32.7 Å². The molecule has 4 heterocycles. The van der Waals surface area contributed by atoms with E-state index in [0.717, 1.165) is 39.0 Å². The lowest BCUT2D eigenvalue weighted by Crippen LogP contribution is -2.22. The Hall–Kier alpha value is -1.10. The molecule has 0 fully saturated rings. The van der Waals surface area contributed by atoms with Gasteiger partial charge in [0, 0.05) is 35.6 Å². The Bertz CT molecular complexity index is 1320. The third kappa shape index (κ3) is 9.25. The first-order valence-corrected chi connectivity index (χ1v) is 21.4. The minimum absolute atomic E-state index is 0.487. The van der Waals surface area contributed by atoms with Crippen molar-refractivity contribution in [1.82, 2.24) is 29.1 Å². The highest BCUT2D eigenvalue weighted by Crippen LogP contribution is 2.24. The van der Waals surface area contributed by atoms with Gasteiger partial charge in [-0.1, -0.05) is 62.5 Å². The van der Waals surface area contributed by atoms with E-state index >= 15 is 0 Å². The molecule has 0 saturated heterocycles. The van der Waals surface area contributed by atoms with Crippen LogP contribution in [0.5, 0.6) is 0 Å². The lowest BCUT2D eigenvalue weighted by atomic mass is 10.4. The van der Waals surface area contributed by atoms with Crippen molar-refractivity contribution in [1.29, 1.82) is 0 Å². The van der Waals surface area contributed by atoms with Gasteiger partial charge in [0.25, 0.3) is 0 Å². The van der Waals surface area contributed by atoms with Crippen LogP contribution in [-0.2, 0) is 22.9 Å². The highest BCUT2D eigenvalue weighted by molar-refractivity contribution is 14.1. The molecule has 37 heavy (non-hydrogen) atoms. The molecule has 0 amide bonds. The molecule has 4 aromatic rings. The first-order chi connectivity index (χ1) is 17.4. The molecule has 0 aromatic carbocycles. The Labute approximate surface area is 244 Å². The van der Waals surface area contributed by atoms with Gasteiger partial charge >= 0.3 is 0 Å². The normalized spacial score (nSPS) is 12.2. The summed E-state index contributed by atoms with van der Waals surface area (Å²) in [6.07, 6.45) is 4.89. The molecule has 0 radical (unpaired) electrons. The fraction of sp³-hybridized carbons (Fsp3) is 0.500. The van der Waals surface area contributed by atoms with Gasteiger partial charge in [0.1, 0.15) is 47.7 Å². The fourth-order valence-electron chi connectivity index (χ4n) is 3.28. The smallest absolute Gasteiger partial charge is 0.147 e. The molecule has 202 valence electrons. The van der Waals surface area contributed by atoms with Crippen LogP contribution in [0, 0.1) is 3.70 Å². The summed E-state index contributed by atoms with van der Waals surface area (Å²) in [7, 11) is -2.06. The molecular formula is C24H35Cl2IN6O2Si2. The molecule has 8 nitrogen and oxygen atoms in total. The summed E-state index contributed by atoms with van der Waals surface area (Å²) < 4.78 is 16.5. The quantitative estimate of drug-likeness (QED) is 0.0746. The largest absolute Gasteiger partial charge is 0.361 e. The maximum Gasteiger partial charge on any atom is 0.147 e. The number of rotatable bonds is 10. The Balaban J connectivity index is 0.000000206. The van der Waals surface area contributed by atoms with E-state index in [0.29, 0.717) is 23.8 Å². The minimum Gasteiger partial charge on any atom is -0.361 e. The number of aromatic nitrogens is 6. The van der Waals surface area contributed by atoms with Crippen LogP contribution < -0.4 is 0 Å². The number of fused-ring (bicyclic) bond motifs is 2. The zero-order chi connectivity index (χ0) is 27.2. The van der Waals surface area contributed by atoms with Crippen LogP contribution in [0.15, 0.2) is 31.0 Å². The first-order valence-electron chi connectivity index (χ1n) is 12.1. The van der Waals surface area contributed by atoms with Gasteiger partial charge in [-0.15, -0.1) is 0 Å². The van der Waals surface area contributed by atoms with E-state index < -0.39 is 16.1 Å². The Morgan fingerprint density at radius 2 is 1.32 bits per heavy atom. The minimum atomic E-state index is -1.04. The van der Waals surface area contributed by atoms with Crippen LogP contribution in [0.3, 0.4) is 0 Å². The van der Waals surface area contributed by atoms with Crippen molar-refractivity contribution >= 4 is 84.0 Å². The van der Waals surface area contributed by atoms with Crippen molar-refractivity contribution in [3.05, 3.63) is 45.0 Å². The van der Waals surface area contributed by atoms with E-state index in [1.807, 2.05) is 27.5 Å².